The van der Waals surface area contributed by atoms with Crippen molar-refractivity contribution < 1.29 is 14.3 Å². The molecule has 0 bridgehead atoms. The second-order valence-corrected chi connectivity index (χ2v) is 3.72. The third kappa shape index (κ3) is 1.94. The summed E-state index contributed by atoms with van der Waals surface area (Å²) in [4.78, 5) is 12.0. The molecule has 2 rings (SSSR count). The van der Waals surface area contributed by atoms with Gasteiger partial charge in [-0.15, -0.1) is 0 Å². The van der Waals surface area contributed by atoms with Gasteiger partial charge in [0.15, 0.2) is 5.76 Å². The smallest absolute Gasteiger partial charge is 0.227 e. The number of Topliss-reactive ketones (excluding diaryl/α,β-unsaturated/α-hetero) is 1. The first kappa shape index (κ1) is 10.7. The molecule has 0 atom stereocenters. The van der Waals surface area contributed by atoms with Crippen LogP contribution in [0.3, 0.4) is 0 Å². The van der Waals surface area contributed by atoms with Crippen molar-refractivity contribution in [3.63, 3.8) is 0 Å². The Bertz CT molecular complexity index is 446. The van der Waals surface area contributed by atoms with Gasteiger partial charge in [0.2, 0.25) is 5.78 Å². The van der Waals surface area contributed by atoms with Gasteiger partial charge in [-0.1, -0.05) is 0 Å². The second kappa shape index (κ2) is 4.39. The fourth-order valence-electron chi connectivity index (χ4n) is 1.74. The average molecular weight is 218 g/mol. The molecule has 0 N–H and O–H groups in total. The van der Waals surface area contributed by atoms with Crippen molar-refractivity contribution in [2.45, 2.75) is 13.3 Å². The maximum atomic E-state index is 12.0. The Kier molecular flexibility index (Phi) is 2.95. The van der Waals surface area contributed by atoms with Crippen molar-refractivity contribution in [2.24, 2.45) is 0 Å². The molecular formula is C13H14O3. The summed E-state index contributed by atoms with van der Waals surface area (Å²) in [5.41, 5.74) is 1.60. The topological polar surface area (TPSA) is 35.5 Å². The standard InChI is InChI=1S/C13H14O3/c1-9-8-10(5-6-11(9)15-2)13(14)12-4-3-7-16-12/h4-6,8H,3,7H2,1-2H3. The number of ketones is 1. The highest BCUT2D eigenvalue weighted by Gasteiger charge is 2.17. The zero-order valence-corrected chi connectivity index (χ0v) is 9.45. The number of carbonyl (C=O) groups is 1. The van der Waals surface area contributed by atoms with Crippen LogP contribution in [0.4, 0.5) is 0 Å². The normalized spacial score (nSPS) is 14.2. The predicted molar refractivity (Wildman–Crippen MR) is 60.7 cm³/mol. The van der Waals surface area contributed by atoms with Crippen LogP contribution >= 0.6 is 0 Å². The molecule has 3 heteroatoms. The van der Waals surface area contributed by atoms with E-state index in [-0.39, 0.29) is 5.78 Å². The van der Waals surface area contributed by atoms with E-state index in [9.17, 15) is 4.79 Å². The highest BCUT2D eigenvalue weighted by atomic mass is 16.5. The van der Waals surface area contributed by atoms with Gasteiger partial charge in [-0.25, -0.2) is 0 Å². The van der Waals surface area contributed by atoms with E-state index in [0.717, 1.165) is 17.7 Å². The summed E-state index contributed by atoms with van der Waals surface area (Å²) in [5.74, 6) is 1.20. The van der Waals surface area contributed by atoms with Crippen LogP contribution < -0.4 is 4.74 Å². The lowest BCUT2D eigenvalue weighted by Crippen LogP contribution is -2.04. The number of allylic oxidation sites excluding steroid dienone is 1. The lowest BCUT2D eigenvalue weighted by molar-refractivity contribution is 0.0942. The van der Waals surface area contributed by atoms with E-state index < -0.39 is 0 Å². The Morgan fingerprint density at radius 1 is 1.44 bits per heavy atom. The quantitative estimate of drug-likeness (QED) is 0.731. The van der Waals surface area contributed by atoms with Crippen molar-refractivity contribution in [3.05, 3.63) is 41.2 Å². The first-order valence-corrected chi connectivity index (χ1v) is 5.24. The summed E-state index contributed by atoms with van der Waals surface area (Å²) >= 11 is 0. The largest absolute Gasteiger partial charge is 0.496 e. The van der Waals surface area contributed by atoms with E-state index in [2.05, 4.69) is 0 Å². The van der Waals surface area contributed by atoms with Crippen molar-refractivity contribution in [1.29, 1.82) is 0 Å². The third-order valence-corrected chi connectivity index (χ3v) is 2.59. The lowest BCUT2D eigenvalue weighted by Gasteiger charge is -2.07. The van der Waals surface area contributed by atoms with E-state index in [1.54, 1.807) is 19.2 Å². The lowest BCUT2D eigenvalue weighted by atomic mass is 10.1. The first-order valence-electron chi connectivity index (χ1n) is 5.24. The molecule has 0 amide bonds. The summed E-state index contributed by atoms with van der Waals surface area (Å²) in [7, 11) is 1.62. The third-order valence-electron chi connectivity index (χ3n) is 2.59. The van der Waals surface area contributed by atoms with Crippen molar-refractivity contribution >= 4 is 5.78 Å². The summed E-state index contributed by atoms with van der Waals surface area (Å²) in [6.45, 7) is 2.52. The van der Waals surface area contributed by atoms with Gasteiger partial charge in [0.25, 0.3) is 0 Å². The molecule has 16 heavy (non-hydrogen) atoms. The van der Waals surface area contributed by atoms with E-state index in [1.165, 1.54) is 0 Å². The molecule has 1 aliphatic rings. The Balaban J connectivity index is 2.27. The maximum absolute atomic E-state index is 12.0. The van der Waals surface area contributed by atoms with Crippen molar-refractivity contribution in [3.8, 4) is 5.75 Å². The zero-order chi connectivity index (χ0) is 11.5. The molecule has 1 heterocycles. The number of carbonyl (C=O) groups excluding carboxylic acids is 1. The van der Waals surface area contributed by atoms with Crippen LogP contribution in [0.25, 0.3) is 0 Å². The van der Waals surface area contributed by atoms with E-state index in [0.29, 0.717) is 17.9 Å². The van der Waals surface area contributed by atoms with E-state index >= 15 is 0 Å². The molecule has 1 aromatic rings. The van der Waals surface area contributed by atoms with Crippen LogP contribution in [0.15, 0.2) is 30.0 Å². The number of methoxy groups -OCH3 is 1. The summed E-state index contributed by atoms with van der Waals surface area (Å²) in [5, 5.41) is 0. The van der Waals surface area contributed by atoms with E-state index in [4.69, 9.17) is 9.47 Å². The van der Waals surface area contributed by atoms with Gasteiger partial charge in [-0.2, -0.15) is 0 Å². The number of benzene rings is 1. The maximum Gasteiger partial charge on any atom is 0.227 e. The number of rotatable bonds is 3. The van der Waals surface area contributed by atoms with Gasteiger partial charge in [-0.3, -0.25) is 4.79 Å². The molecular weight excluding hydrogens is 204 g/mol. The SMILES string of the molecule is COc1ccc(C(=O)C2=CCCO2)cc1C. The molecule has 0 saturated carbocycles. The van der Waals surface area contributed by atoms with Crippen LogP contribution in [-0.4, -0.2) is 19.5 Å². The van der Waals surface area contributed by atoms with Crippen LogP contribution in [0.5, 0.6) is 5.75 Å². The average Bonchev–Trinajstić information content (AvgIpc) is 2.81. The molecule has 0 fully saturated rings. The van der Waals surface area contributed by atoms with E-state index in [1.807, 2.05) is 19.1 Å². The summed E-state index contributed by atoms with van der Waals surface area (Å²) < 4.78 is 10.4. The molecule has 0 aromatic heterocycles. The monoisotopic (exact) mass is 218 g/mol. The summed E-state index contributed by atoms with van der Waals surface area (Å²) in [6, 6.07) is 5.39. The van der Waals surface area contributed by atoms with Gasteiger partial charge >= 0.3 is 0 Å². The minimum absolute atomic E-state index is 0.0525. The molecule has 0 saturated heterocycles. The molecule has 3 nitrogen and oxygen atoms in total. The van der Waals surface area contributed by atoms with Gasteiger partial charge in [0.1, 0.15) is 5.75 Å². The minimum atomic E-state index is -0.0525. The van der Waals surface area contributed by atoms with Gasteiger partial charge < -0.3 is 9.47 Å². The Labute approximate surface area is 94.7 Å². The summed E-state index contributed by atoms with van der Waals surface area (Å²) in [6.07, 6.45) is 2.65. The van der Waals surface area contributed by atoms with Crippen LogP contribution in [0.2, 0.25) is 0 Å². The number of ether oxygens (including phenoxy) is 2. The first-order chi connectivity index (χ1) is 7.72. The molecule has 0 radical (unpaired) electrons. The number of hydrogen-bond acceptors (Lipinski definition) is 3. The number of hydrogen-bond donors (Lipinski definition) is 0. The van der Waals surface area contributed by atoms with Gasteiger partial charge in [0.05, 0.1) is 13.7 Å². The van der Waals surface area contributed by atoms with Gasteiger partial charge in [-0.05, 0) is 36.8 Å². The molecule has 1 aromatic carbocycles. The Hall–Kier alpha value is -1.77. The second-order valence-electron chi connectivity index (χ2n) is 3.72. The molecule has 0 aliphatic carbocycles. The molecule has 0 spiro atoms. The Morgan fingerprint density at radius 2 is 2.25 bits per heavy atom. The molecule has 1 aliphatic heterocycles. The minimum Gasteiger partial charge on any atom is -0.496 e. The fourth-order valence-corrected chi connectivity index (χ4v) is 1.74. The van der Waals surface area contributed by atoms with Gasteiger partial charge in [0, 0.05) is 12.0 Å². The molecule has 0 unspecified atom stereocenters. The highest BCUT2D eigenvalue weighted by Crippen LogP contribution is 2.22. The highest BCUT2D eigenvalue weighted by molar-refractivity contribution is 6.07. The fraction of sp³-hybridized carbons (Fsp3) is 0.308. The van der Waals surface area contributed by atoms with Crippen molar-refractivity contribution in [2.75, 3.05) is 13.7 Å². The van der Waals surface area contributed by atoms with Crippen LogP contribution in [0, 0.1) is 6.92 Å². The molecule has 84 valence electrons. The predicted octanol–water partition coefficient (Wildman–Crippen LogP) is 2.49. The van der Waals surface area contributed by atoms with Crippen LogP contribution in [-0.2, 0) is 4.74 Å². The van der Waals surface area contributed by atoms with Crippen LogP contribution in [0.1, 0.15) is 22.3 Å². The number of aryl methyl sites for hydroxylation is 1. The Morgan fingerprint density at radius 3 is 2.81 bits per heavy atom. The zero-order valence-electron chi connectivity index (χ0n) is 9.45. The van der Waals surface area contributed by atoms with Crippen molar-refractivity contribution in [1.82, 2.24) is 0 Å².